The molecule has 0 amide bonds. The Morgan fingerprint density at radius 2 is 1.76 bits per heavy atom. The smallest absolute Gasteiger partial charge is 0.390 e. The predicted molar refractivity (Wildman–Crippen MR) is 120 cm³/mol. The van der Waals surface area contributed by atoms with Crippen LogP contribution < -0.4 is 5.56 Å². The standard InChI is InChI=1S/C24H23F3N4O2/c1-29(2)14-21(32)15-31-22-8-7-20(11-18(22)13-28-31)30-10-9-17(12-23(30)33)16-3-5-19(6-4-16)24(25,26)27/h3-13,21,32H,14-15H2,1-2H3. The van der Waals surface area contributed by atoms with E-state index in [-0.39, 0.29) is 5.56 Å². The number of aromatic nitrogens is 3. The topological polar surface area (TPSA) is 63.3 Å². The van der Waals surface area contributed by atoms with Gasteiger partial charge in [0.1, 0.15) is 0 Å². The molecule has 2 heterocycles. The van der Waals surface area contributed by atoms with Gasteiger partial charge in [-0.2, -0.15) is 18.3 Å². The molecule has 33 heavy (non-hydrogen) atoms. The fraction of sp³-hybridized carbons (Fsp3) is 0.250. The normalized spacial score (nSPS) is 13.1. The van der Waals surface area contributed by atoms with Crippen LogP contribution in [0.15, 0.2) is 71.8 Å². The minimum Gasteiger partial charge on any atom is -0.390 e. The van der Waals surface area contributed by atoms with E-state index in [1.165, 1.54) is 22.8 Å². The number of pyridine rings is 1. The van der Waals surface area contributed by atoms with E-state index >= 15 is 0 Å². The van der Waals surface area contributed by atoms with E-state index in [1.54, 1.807) is 29.2 Å². The van der Waals surface area contributed by atoms with Crippen LogP contribution in [0.2, 0.25) is 0 Å². The largest absolute Gasteiger partial charge is 0.416 e. The zero-order valence-electron chi connectivity index (χ0n) is 18.1. The van der Waals surface area contributed by atoms with Crippen LogP contribution >= 0.6 is 0 Å². The van der Waals surface area contributed by atoms with Crippen molar-refractivity contribution in [1.82, 2.24) is 19.2 Å². The second-order valence-electron chi connectivity index (χ2n) is 8.18. The third-order valence-corrected chi connectivity index (χ3v) is 5.33. The van der Waals surface area contributed by atoms with Gasteiger partial charge in [0.2, 0.25) is 0 Å². The molecule has 1 N–H and O–H groups in total. The maximum Gasteiger partial charge on any atom is 0.416 e. The predicted octanol–water partition coefficient (Wildman–Crippen LogP) is 3.80. The minimum absolute atomic E-state index is 0.305. The van der Waals surface area contributed by atoms with E-state index in [2.05, 4.69) is 5.10 Å². The van der Waals surface area contributed by atoms with Crippen molar-refractivity contribution in [1.29, 1.82) is 0 Å². The number of nitrogens with zero attached hydrogens (tertiary/aromatic N) is 4. The number of hydrogen-bond donors (Lipinski definition) is 1. The molecule has 1 unspecified atom stereocenters. The minimum atomic E-state index is -4.40. The molecule has 0 bridgehead atoms. The molecule has 172 valence electrons. The Hall–Kier alpha value is -3.43. The summed E-state index contributed by atoms with van der Waals surface area (Å²) in [7, 11) is 3.77. The lowest BCUT2D eigenvalue weighted by atomic mass is 10.0. The molecule has 0 aliphatic rings. The van der Waals surface area contributed by atoms with Gasteiger partial charge >= 0.3 is 6.18 Å². The van der Waals surface area contributed by atoms with Crippen molar-refractivity contribution >= 4 is 10.9 Å². The van der Waals surface area contributed by atoms with Gasteiger partial charge in [-0.15, -0.1) is 0 Å². The van der Waals surface area contributed by atoms with E-state index < -0.39 is 17.8 Å². The fourth-order valence-corrected chi connectivity index (χ4v) is 3.77. The van der Waals surface area contributed by atoms with Gasteiger partial charge < -0.3 is 10.0 Å². The lowest BCUT2D eigenvalue weighted by Crippen LogP contribution is -2.29. The first-order valence-corrected chi connectivity index (χ1v) is 10.3. The summed E-state index contributed by atoms with van der Waals surface area (Å²) in [6.07, 6.45) is -1.69. The van der Waals surface area contributed by atoms with Crippen LogP contribution in [-0.4, -0.2) is 51.1 Å². The van der Waals surface area contributed by atoms with Crippen molar-refractivity contribution in [3.63, 3.8) is 0 Å². The molecule has 0 spiro atoms. The van der Waals surface area contributed by atoms with Gasteiger partial charge in [-0.05, 0) is 61.6 Å². The molecule has 6 nitrogen and oxygen atoms in total. The average Bonchev–Trinajstić information content (AvgIpc) is 3.14. The van der Waals surface area contributed by atoms with Gasteiger partial charge in [0.15, 0.2) is 0 Å². The third-order valence-electron chi connectivity index (χ3n) is 5.33. The second-order valence-corrected chi connectivity index (χ2v) is 8.18. The zero-order valence-corrected chi connectivity index (χ0v) is 18.1. The maximum atomic E-state index is 12.8. The van der Waals surface area contributed by atoms with Gasteiger partial charge in [-0.3, -0.25) is 14.0 Å². The number of aliphatic hydroxyl groups excluding tert-OH is 1. The molecule has 2 aromatic carbocycles. The molecule has 4 rings (SSSR count). The molecular formula is C24H23F3N4O2. The van der Waals surface area contributed by atoms with Gasteiger partial charge in [0, 0.05) is 29.9 Å². The number of likely N-dealkylation sites (N-methyl/N-ethyl adjacent to an activating group) is 1. The summed E-state index contributed by atoms with van der Waals surface area (Å²) in [6, 6.07) is 13.3. The molecule has 0 radical (unpaired) electrons. The first kappa shape index (κ1) is 22.8. The Morgan fingerprint density at radius 1 is 1.03 bits per heavy atom. The van der Waals surface area contributed by atoms with Crippen molar-refractivity contribution < 1.29 is 18.3 Å². The highest BCUT2D eigenvalue weighted by molar-refractivity contribution is 5.81. The summed E-state index contributed by atoms with van der Waals surface area (Å²) >= 11 is 0. The summed E-state index contributed by atoms with van der Waals surface area (Å²) in [4.78, 5) is 14.7. The van der Waals surface area contributed by atoms with Crippen LogP contribution in [0.25, 0.3) is 27.7 Å². The van der Waals surface area contributed by atoms with E-state index in [1.807, 2.05) is 31.1 Å². The van der Waals surface area contributed by atoms with Gasteiger partial charge in [-0.1, -0.05) is 12.1 Å². The Kier molecular flexibility index (Phi) is 6.09. The number of halogens is 3. The van der Waals surface area contributed by atoms with Crippen LogP contribution in [0.4, 0.5) is 13.2 Å². The lowest BCUT2D eigenvalue weighted by molar-refractivity contribution is -0.137. The second kappa shape index (κ2) is 8.84. The first-order chi connectivity index (χ1) is 15.6. The van der Waals surface area contributed by atoms with Crippen LogP contribution in [0.5, 0.6) is 0 Å². The van der Waals surface area contributed by atoms with Crippen molar-refractivity contribution in [2.24, 2.45) is 0 Å². The first-order valence-electron chi connectivity index (χ1n) is 10.3. The number of rotatable bonds is 6. The van der Waals surface area contributed by atoms with E-state index in [9.17, 15) is 23.1 Å². The maximum absolute atomic E-state index is 12.8. The summed E-state index contributed by atoms with van der Waals surface area (Å²) in [6.45, 7) is 0.864. The number of fused-ring (bicyclic) bond motifs is 1. The van der Waals surface area contributed by atoms with Gasteiger partial charge in [0.05, 0.1) is 29.9 Å². The summed E-state index contributed by atoms with van der Waals surface area (Å²) in [5.41, 5.74) is 1.50. The summed E-state index contributed by atoms with van der Waals surface area (Å²) in [5.74, 6) is 0. The summed E-state index contributed by atoms with van der Waals surface area (Å²) in [5, 5.41) is 15.4. The molecule has 2 aromatic heterocycles. The highest BCUT2D eigenvalue weighted by Gasteiger charge is 2.30. The zero-order chi connectivity index (χ0) is 23.8. The highest BCUT2D eigenvalue weighted by Crippen LogP contribution is 2.30. The van der Waals surface area contributed by atoms with Gasteiger partial charge in [-0.25, -0.2) is 0 Å². The van der Waals surface area contributed by atoms with Crippen molar-refractivity contribution in [2.45, 2.75) is 18.8 Å². The molecule has 0 saturated heterocycles. The van der Waals surface area contributed by atoms with E-state index in [4.69, 9.17) is 0 Å². The number of benzene rings is 2. The van der Waals surface area contributed by atoms with Gasteiger partial charge in [0.25, 0.3) is 5.56 Å². The molecule has 4 aromatic rings. The van der Waals surface area contributed by atoms with E-state index in [0.29, 0.717) is 29.9 Å². The SMILES string of the molecule is CN(C)CC(O)Cn1ncc2cc(-n3ccc(-c4ccc(C(F)(F)F)cc4)cc3=O)ccc21. The Balaban J connectivity index is 1.59. The van der Waals surface area contributed by atoms with Crippen LogP contribution in [0.1, 0.15) is 5.56 Å². The van der Waals surface area contributed by atoms with Crippen LogP contribution in [0, 0.1) is 0 Å². The number of alkyl halides is 3. The van der Waals surface area contributed by atoms with Crippen LogP contribution in [-0.2, 0) is 12.7 Å². The Labute approximate surface area is 188 Å². The summed E-state index contributed by atoms with van der Waals surface area (Å²) < 4.78 is 41.5. The van der Waals surface area contributed by atoms with E-state index in [0.717, 1.165) is 23.0 Å². The van der Waals surface area contributed by atoms with Crippen molar-refractivity contribution in [2.75, 3.05) is 20.6 Å². The van der Waals surface area contributed by atoms with Crippen molar-refractivity contribution in [3.8, 4) is 16.8 Å². The number of aliphatic hydroxyl groups is 1. The molecule has 0 saturated carbocycles. The monoisotopic (exact) mass is 456 g/mol. The van der Waals surface area contributed by atoms with Crippen LogP contribution in [0.3, 0.4) is 0 Å². The third kappa shape index (κ3) is 4.99. The molecule has 9 heteroatoms. The highest BCUT2D eigenvalue weighted by atomic mass is 19.4. The molecule has 0 fully saturated rings. The Morgan fingerprint density at radius 3 is 2.39 bits per heavy atom. The average molecular weight is 456 g/mol. The fourth-order valence-electron chi connectivity index (χ4n) is 3.77. The molecule has 1 atom stereocenters. The number of hydrogen-bond acceptors (Lipinski definition) is 4. The molecule has 0 aliphatic carbocycles. The van der Waals surface area contributed by atoms with Crippen molar-refractivity contribution in [3.05, 3.63) is 82.9 Å². The molecular weight excluding hydrogens is 433 g/mol. The quantitative estimate of drug-likeness (QED) is 0.480. The molecule has 0 aliphatic heterocycles. The Bertz CT molecular complexity index is 1320. The lowest BCUT2D eigenvalue weighted by Gasteiger charge is -2.16.